The molecule has 2 aliphatic heterocycles. The number of aryl methyl sites for hydroxylation is 1. The Morgan fingerprint density at radius 3 is 2.62 bits per heavy atom. The lowest BCUT2D eigenvalue weighted by atomic mass is 9.82. The number of allylic oxidation sites excluding steroid dienone is 1. The molecule has 0 bridgehead atoms. The summed E-state index contributed by atoms with van der Waals surface area (Å²) in [5, 5.41) is 5.30. The minimum Gasteiger partial charge on any atom is -0.342 e. The second-order valence-electron chi connectivity index (χ2n) is 11.5. The van der Waals surface area contributed by atoms with Crippen LogP contribution in [0.2, 0.25) is 0 Å². The molecule has 7 heteroatoms. The number of likely N-dealkylation sites (tertiary alicyclic amines) is 1. The van der Waals surface area contributed by atoms with Crippen LogP contribution in [0, 0.1) is 23.1 Å². The van der Waals surface area contributed by atoms with E-state index >= 15 is 4.39 Å². The number of fused-ring (bicyclic) bond motifs is 1. The molecule has 0 N–H and O–H groups in total. The number of carbonyl (C=O) groups excluding carboxylic acids is 2. The summed E-state index contributed by atoms with van der Waals surface area (Å²) in [5.41, 5.74) is 3.27. The maximum absolute atomic E-state index is 15.7. The number of hydrogen-bond donors (Lipinski definition) is 0. The molecule has 2 fully saturated rings. The molecule has 3 aromatic rings. The highest BCUT2D eigenvalue weighted by molar-refractivity contribution is 5.93. The number of aromatic nitrogens is 2. The highest BCUT2D eigenvalue weighted by Gasteiger charge is 2.41. The zero-order valence-corrected chi connectivity index (χ0v) is 21.7. The van der Waals surface area contributed by atoms with E-state index in [4.69, 9.17) is 0 Å². The topological polar surface area (TPSA) is 58.4 Å². The second-order valence-corrected chi connectivity index (χ2v) is 11.5. The van der Waals surface area contributed by atoms with Gasteiger partial charge in [0, 0.05) is 54.7 Å². The van der Waals surface area contributed by atoms with Crippen LogP contribution in [0.5, 0.6) is 0 Å². The summed E-state index contributed by atoms with van der Waals surface area (Å²) < 4.78 is 17.5. The summed E-state index contributed by atoms with van der Waals surface area (Å²) >= 11 is 0. The summed E-state index contributed by atoms with van der Waals surface area (Å²) in [6, 6.07) is 11.3. The van der Waals surface area contributed by atoms with Gasteiger partial charge in [-0.1, -0.05) is 32.1 Å². The molecule has 1 aromatic heterocycles. The zero-order chi connectivity index (χ0) is 25.9. The quantitative estimate of drug-likeness (QED) is 0.482. The molecule has 6 rings (SSSR count). The monoisotopic (exact) mass is 500 g/mol. The van der Waals surface area contributed by atoms with Crippen molar-refractivity contribution in [1.82, 2.24) is 19.6 Å². The van der Waals surface area contributed by atoms with E-state index in [9.17, 15) is 9.59 Å². The molecule has 6 nitrogen and oxygen atoms in total. The Hall–Kier alpha value is -3.48. The number of hydrogen-bond acceptors (Lipinski definition) is 3. The van der Waals surface area contributed by atoms with Gasteiger partial charge in [-0.15, -0.1) is 0 Å². The van der Waals surface area contributed by atoms with Crippen molar-refractivity contribution in [2.75, 3.05) is 19.6 Å². The fourth-order valence-electron chi connectivity index (χ4n) is 5.73. The van der Waals surface area contributed by atoms with Gasteiger partial charge in [-0.05, 0) is 67.0 Å². The van der Waals surface area contributed by atoms with E-state index in [1.54, 1.807) is 17.0 Å². The van der Waals surface area contributed by atoms with Crippen molar-refractivity contribution in [1.29, 1.82) is 0 Å². The van der Waals surface area contributed by atoms with Crippen LogP contribution in [0.4, 0.5) is 4.39 Å². The third-order valence-electron chi connectivity index (χ3n) is 8.21. The number of rotatable bonds is 5. The third kappa shape index (κ3) is 4.34. The number of halogens is 1. The van der Waals surface area contributed by atoms with Crippen LogP contribution >= 0.6 is 0 Å². The molecule has 0 radical (unpaired) electrons. The molecule has 1 aliphatic carbocycles. The number of carbonyl (C=O) groups is 2. The minimum atomic E-state index is -0.541. The minimum absolute atomic E-state index is 0.0162. The van der Waals surface area contributed by atoms with Crippen LogP contribution in [0.1, 0.15) is 45.1 Å². The van der Waals surface area contributed by atoms with Crippen LogP contribution in [-0.2, 0) is 16.6 Å². The first kappa shape index (κ1) is 23.9. The van der Waals surface area contributed by atoms with Gasteiger partial charge in [0.05, 0.1) is 11.7 Å². The highest BCUT2D eigenvalue weighted by atomic mass is 19.1. The maximum atomic E-state index is 15.7. The number of nitrogens with zero attached hydrogens (tertiary/aromatic N) is 4. The summed E-state index contributed by atoms with van der Waals surface area (Å²) in [6.07, 6.45) is 7.24. The predicted molar refractivity (Wildman–Crippen MR) is 142 cm³/mol. The van der Waals surface area contributed by atoms with Gasteiger partial charge in [0.2, 0.25) is 11.8 Å². The van der Waals surface area contributed by atoms with E-state index in [-0.39, 0.29) is 29.5 Å². The summed E-state index contributed by atoms with van der Waals surface area (Å²) in [7, 11) is 1.90. The van der Waals surface area contributed by atoms with E-state index in [0.29, 0.717) is 30.8 Å². The van der Waals surface area contributed by atoms with Crippen molar-refractivity contribution in [3.05, 3.63) is 60.1 Å². The van der Waals surface area contributed by atoms with Crippen LogP contribution in [0.3, 0.4) is 0 Å². The van der Waals surface area contributed by atoms with Crippen LogP contribution in [0.15, 0.2) is 48.7 Å². The smallest absolute Gasteiger partial charge is 0.232 e. The van der Waals surface area contributed by atoms with Gasteiger partial charge in [0.15, 0.2) is 0 Å². The van der Waals surface area contributed by atoms with Crippen molar-refractivity contribution in [2.45, 2.75) is 39.5 Å². The molecule has 37 heavy (non-hydrogen) atoms. The van der Waals surface area contributed by atoms with Gasteiger partial charge in [-0.25, -0.2) is 4.39 Å². The lowest BCUT2D eigenvalue weighted by molar-refractivity contribution is -0.138. The average molecular weight is 501 g/mol. The fraction of sp³-hybridized carbons (Fsp3) is 0.433. The Labute approximate surface area is 216 Å². The van der Waals surface area contributed by atoms with Gasteiger partial charge in [-0.3, -0.25) is 14.3 Å². The van der Waals surface area contributed by atoms with E-state index in [1.807, 2.05) is 67.0 Å². The van der Waals surface area contributed by atoms with Crippen LogP contribution in [-0.4, -0.2) is 51.0 Å². The van der Waals surface area contributed by atoms with E-state index in [0.717, 1.165) is 47.8 Å². The Bertz CT molecular complexity index is 1430. The lowest BCUT2D eigenvalue weighted by Gasteiger charge is -2.39. The van der Waals surface area contributed by atoms with Crippen molar-refractivity contribution >= 4 is 28.4 Å². The molecule has 1 saturated carbocycles. The molecule has 3 heterocycles. The molecule has 1 saturated heterocycles. The standard InChI is InChI=1S/C30H33FN4O2/c1-30(2)12-10-27(35(29(30)37)18-19-11-13-34(17-19)28(36)20-4-5-20)24-8-6-22(15-25(24)31)21-7-9-26-23(14-21)16-32-33(26)3/h6-10,14-16,19-20H,4-5,11-13,17-18H2,1-3H3. The molecular weight excluding hydrogens is 467 g/mol. The van der Waals surface area contributed by atoms with Crippen LogP contribution in [0.25, 0.3) is 27.7 Å². The van der Waals surface area contributed by atoms with Gasteiger partial charge in [-0.2, -0.15) is 5.10 Å². The summed E-state index contributed by atoms with van der Waals surface area (Å²) in [5.74, 6) is 0.329. The SMILES string of the molecule is Cn1ncc2cc(-c3ccc(C4=CCC(C)(C)C(=O)N4CC4CCN(C(=O)C5CC5)C4)c(F)c3)ccc21. The van der Waals surface area contributed by atoms with Gasteiger partial charge in [0.25, 0.3) is 0 Å². The third-order valence-corrected chi connectivity index (χ3v) is 8.21. The predicted octanol–water partition coefficient (Wildman–Crippen LogP) is 5.24. The van der Waals surface area contributed by atoms with Gasteiger partial charge in [0.1, 0.15) is 5.82 Å². The van der Waals surface area contributed by atoms with Crippen molar-refractivity contribution in [3.63, 3.8) is 0 Å². The molecule has 192 valence electrons. The van der Waals surface area contributed by atoms with Gasteiger partial charge >= 0.3 is 0 Å². The first-order chi connectivity index (χ1) is 17.7. The molecule has 3 aliphatic rings. The molecule has 2 amide bonds. The van der Waals surface area contributed by atoms with Crippen LogP contribution < -0.4 is 0 Å². The summed E-state index contributed by atoms with van der Waals surface area (Å²) in [4.78, 5) is 29.8. The molecule has 0 spiro atoms. The Kier molecular flexibility index (Phi) is 5.70. The zero-order valence-electron chi connectivity index (χ0n) is 21.7. The average Bonchev–Trinajstić information content (AvgIpc) is 3.52. The van der Waals surface area contributed by atoms with Crippen molar-refractivity contribution < 1.29 is 14.0 Å². The molecule has 1 atom stereocenters. The maximum Gasteiger partial charge on any atom is 0.232 e. The van der Waals surface area contributed by atoms with E-state index in [1.165, 1.54) is 0 Å². The Balaban J connectivity index is 1.27. The first-order valence-corrected chi connectivity index (χ1v) is 13.2. The normalized spacial score (nSPS) is 21.6. The van der Waals surface area contributed by atoms with Gasteiger partial charge < -0.3 is 9.80 Å². The Morgan fingerprint density at radius 2 is 1.86 bits per heavy atom. The summed E-state index contributed by atoms with van der Waals surface area (Å²) in [6.45, 7) is 5.81. The second kappa shape index (κ2) is 8.82. The lowest BCUT2D eigenvalue weighted by Crippen LogP contribution is -2.45. The van der Waals surface area contributed by atoms with E-state index < -0.39 is 5.41 Å². The fourth-order valence-corrected chi connectivity index (χ4v) is 5.73. The molecule has 1 unspecified atom stereocenters. The largest absolute Gasteiger partial charge is 0.342 e. The van der Waals surface area contributed by atoms with Crippen molar-refractivity contribution in [2.24, 2.45) is 24.3 Å². The first-order valence-electron chi connectivity index (χ1n) is 13.2. The highest BCUT2D eigenvalue weighted by Crippen LogP contribution is 2.39. The molecular formula is C30H33FN4O2. The molecule has 2 aromatic carbocycles. The number of amides is 2. The Morgan fingerprint density at radius 1 is 1.11 bits per heavy atom. The van der Waals surface area contributed by atoms with Crippen molar-refractivity contribution in [3.8, 4) is 11.1 Å². The number of benzene rings is 2. The van der Waals surface area contributed by atoms with E-state index in [2.05, 4.69) is 5.10 Å².